The van der Waals surface area contributed by atoms with Crippen LogP contribution in [0.25, 0.3) is 0 Å². The molecule has 1 rings (SSSR count). The van der Waals surface area contributed by atoms with Gasteiger partial charge in [0.05, 0.1) is 18.2 Å². The van der Waals surface area contributed by atoms with E-state index in [4.69, 9.17) is 22.1 Å². The molecule has 1 atom stereocenters. The minimum Gasteiger partial charge on any atom is -0.495 e. The molecule has 0 saturated heterocycles. The first-order chi connectivity index (χ1) is 6.19. The molecule has 13 heavy (non-hydrogen) atoms. The molecule has 72 valence electrons. The molecular weight excluding hydrogens is 193 g/mol. The molecule has 0 spiro atoms. The number of methoxy groups -OCH3 is 1. The van der Waals surface area contributed by atoms with Crippen LogP contribution in [0.4, 0.5) is 4.39 Å². The third-order valence-electron chi connectivity index (χ3n) is 1.77. The minimum absolute atomic E-state index is 0.448. The number of ether oxygens (including phenoxy) is 1. The Morgan fingerprint density at radius 3 is 2.77 bits per heavy atom. The second-order valence-electron chi connectivity index (χ2n) is 2.65. The fourth-order valence-electron chi connectivity index (χ4n) is 1.00. The van der Waals surface area contributed by atoms with E-state index in [0.717, 1.165) is 0 Å². The molecular formula is C9H11ClFNO. The van der Waals surface area contributed by atoms with Gasteiger partial charge in [-0.3, -0.25) is 0 Å². The summed E-state index contributed by atoms with van der Waals surface area (Å²) < 4.78 is 17.1. The molecule has 0 aliphatic carbocycles. The van der Waals surface area contributed by atoms with E-state index < -0.39 is 12.7 Å². The van der Waals surface area contributed by atoms with Crippen molar-refractivity contribution in [1.29, 1.82) is 0 Å². The van der Waals surface area contributed by atoms with Gasteiger partial charge >= 0.3 is 0 Å². The zero-order valence-electron chi connectivity index (χ0n) is 7.26. The maximum Gasteiger partial charge on any atom is 0.137 e. The summed E-state index contributed by atoms with van der Waals surface area (Å²) in [6, 6.07) is 4.38. The summed E-state index contributed by atoms with van der Waals surface area (Å²) in [4.78, 5) is 0. The van der Waals surface area contributed by atoms with Gasteiger partial charge in [-0.25, -0.2) is 4.39 Å². The Hall–Kier alpha value is -0.800. The van der Waals surface area contributed by atoms with Gasteiger partial charge < -0.3 is 10.5 Å². The van der Waals surface area contributed by atoms with Crippen molar-refractivity contribution >= 4 is 11.6 Å². The maximum absolute atomic E-state index is 12.2. The third-order valence-corrected chi connectivity index (χ3v) is 2.07. The molecule has 1 aromatic carbocycles. The van der Waals surface area contributed by atoms with Crippen LogP contribution in [-0.2, 0) is 0 Å². The molecule has 0 fully saturated rings. The van der Waals surface area contributed by atoms with Crippen LogP contribution >= 0.6 is 11.6 Å². The average molecular weight is 204 g/mol. The van der Waals surface area contributed by atoms with Gasteiger partial charge in [0.25, 0.3) is 0 Å². The first-order valence-corrected chi connectivity index (χ1v) is 4.21. The number of benzene rings is 1. The lowest BCUT2D eigenvalue weighted by Crippen LogP contribution is -2.11. The monoisotopic (exact) mass is 203 g/mol. The van der Waals surface area contributed by atoms with E-state index >= 15 is 0 Å². The fourth-order valence-corrected chi connectivity index (χ4v) is 1.27. The lowest BCUT2D eigenvalue weighted by Gasteiger charge is -2.09. The summed E-state index contributed by atoms with van der Waals surface area (Å²) >= 11 is 5.83. The van der Waals surface area contributed by atoms with Crippen molar-refractivity contribution in [2.45, 2.75) is 6.04 Å². The Bertz CT molecular complexity index is 293. The Morgan fingerprint density at radius 1 is 1.62 bits per heavy atom. The van der Waals surface area contributed by atoms with Gasteiger partial charge in [0, 0.05) is 0 Å². The van der Waals surface area contributed by atoms with Crippen molar-refractivity contribution in [3.8, 4) is 5.75 Å². The van der Waals surface area contributed by atoms with E-state index in [0.29, 0.717) is 16.3 Å². The third kappa shape index (κ3) is 2.32. The molecule has 2 nitrogen and oxygen atoms in total. The quantitative estimate of drug-likeness (QED) is 0.819. The second-order valence-corrected chi connectivity index (χ2v) is 3.06. The van der Waals surface area contributed by atoms with Crippen molar-refractivity contribution < 1.29 is 9.13 Å². The number of alkyl halides is 1. The molecule has 0 heterocycles. The van der Waals surface area contributed by atoms with Crippen molar-refractivity contribution in [2.24, 2.45) is 5.73 Å². The zero-order valence-corrected chi connectivity index (χ0v) is 8.01. The Balaban J connectivity index is 2.95. The lowest BCUT2D eigenvalue weighted by atomic mass is 10.1. The van der Waals surface area contributed by atoms with E-state index in [1.165, 1.54) is 7.11 Å². The van der Waals surface area contributed by atoms with Gasteiger partial charge in [-0.15, -0.1) is 0 Å². The summed E-state index contributed by atoms with van der Waals surface area (Å²) in [6.45, 7) is -0.595. The van der Waals surface area contributed by atoms with E-state index in [1.807, 2.05) is 0 Å². The summed E-state index contributed by atoms with van der Waals surface area (Å²) in [7, 11) is 1.52. The summed E-state index contributed by atoms with van der Waals surface area (Å²) in [6.07, 6.45) is 0. The predicted octanol–water partition coefficient (Wildman–Crippen LogP) is 2.32. The first-order valence-electron chi connectivity index (χ1n) is 3.84. The van der Waals surface area contributed by atoms with Gasteiger partial charge in [0.15, 0.2) is 0 Å². The van der Waals surface area contributed by atoms with E-state index in [2.05, 4.69) is 0 Å². The van der Waals surface area contributed by atoms with E-state index in [-0.39, 0.29) is 0 Å². The average Bonchev–Trinajstić information content (AvgIpc) is 2.16. The van der Waals surface area contributed by atoms with Crippen LogP contribution in [0.1, 0.15) is 11.6 Å². The molecule has 0 radical (unpaired) electrons. The lowest BCUT2D eigenvalue weighted by molar-refractivity contribution is 0.413. The number of hydrogen-bond donors (Lipinski definition) is 1. The molecule has 0 amide bonds. The standard InChI is InChI=1S/C9H11ClFNO/c1-13-9-3-2-6(4-7(9)10)8(12)5-11/h2-4,8H,5,12H2,1H3/t8-/m0/s1. The van der Waals surface area contributed by atoms with Crippen LogP contribution in [0.5, 0.6) is 5.75 Å². The molecule has 0 aromatic heterocycles. The first kappa shape index (κ1) is 10.3. The van der Waals surface area contributed by atoms with Gasteiger partial charge in [-0.1, -0.05) is 17.7 Å². The molecule has 0 unspecified atom stereocenters. The van der Waals surface area contributed by atoms with Gasteiger partial charge in [-0.2, -0.15) is 0 Å². The van der Waals surface area contributed by atoms with E-state index in [1.54, 1.807) is 18.2 Å². The maximum atomic E-state index is 12.2. The number of halogens is 2. The Labute approximate surface area is 81.4 Å². The smallest absolute Gasteiger partial charge is 0.137 e. The van der Waals surface area contributed by atoms with Crippen LogP contribution < -0.4 is 10.5 Å². The molecule has 0 bridgehead atoms. The molecule has 0 aliphatic rings. The highest BCUT2D eigenvalue weighted by molar-refractivity contribution is 6.32. The van der Waals surface area contributed by atoms with Gasteiger partial charge in [0.1, 0.15) is 12.4 Å². The zero-order chi connectivity index (χ0) is 9.84. The summed E-state index contributed by atoms with van der Waals surface area (Å²) in [5, 5.41) is 0.448. The fraction of sp³-hybridized carbons (Fsp3) is 0.333. The van der Waals surface area contributed by atoms with E-state index in [9.17, 15) is 4.39 Å². The summed E-state index contributed by atoms with van der Waals surface area (Å²) in [5.41, 5.74) is 6.15. The summed E-state index contributed by atoms with van der Waals surface area (Å²) in [5.74, 6) is 0.566. The highest BCUT2D eigenvalue weighted by atomic mass is 35.5. The SMILES string of the molecule is COc1ccc([C@@H](N)CF)cc1Cl. The van der Waals surface area contributed by atoms with Crippen LogP contribution in [0.3, 0.4) is 0 Å². The van der Waals surface area contributed by atoms with Crippen LogP contribution in [0.2, 0.25) is 5.02 Å². The van der Waals surface area contributed by atoms with Crippen molar-refractivity contribution in [3.63, 3.8) is 0 Å². The van der Waals surface area contributed by atoms with Crippen molar-refractivity contribution in [2.75, 3.05) is 13.8 Å². The molecule has 2 N–H and O–H groups in total. The topological polar surface area (TPSA) is 35.2 Å². The number of hydrogen-bond acceptors (Lipinski definition) is 2. The number of nitrogens with two attached hydrogens (primary N) is 1. The van der Waals surface area contributed by atoms with Gasteiger partial charge in [-0.05, 0) is 17.7 Å². The van der Waals surface area contributed by atoms with Crippen molar-refractivity contribution in [3.05, 3.63) is 28.8 Å². The largest absolute Gasteiger partial charge is 0.495 e. The van der Waals surface area contributed by atoms with Crippen molar-refractivity contribution in [1.82, 2.24) is 0 Å². The highest BCUT2D eigenvalue weighted by Gasteiger charge is 2.07. The minimum atomic E-state index is -0.608. The molecule has 0 aliphatic heterocycles. The Kier molecular flexibility index (Phi) is 3.51. The van der Waals surface area contributed by atoms with Crippen LogP contribution in [-0.4, -0.2) is 13.8 Å². The normalized spacial score (nSPS) is 12.6. The highest BCUT2D eigenvalue weighted by Crippen LogP contribution is 2.26. The Morgan fingerprint density at radius 2 is 2.31 bits per heavy atom. The second kappa shape index (κ2) is 4.44. The predicted molar refractivity (Wildman–Crippen MR) is 50.9 cm³/mol. The number of rotatable bonds is 3. The van der Waals surface area contributed by atoms with Crippen LogP contribution in [0, 0.1) is 0 Å². The molecule has 1 aromatic rings. The molecule has 0 saturated carbocycles. The van der Waals surface area contributed by atoms with Crippen LogP contribution in [0.15, 0.2) is 18.2 Å². The molecule has 4 heteroatoms. The van der Waals surface area contributed by atoms with Gasteiger partial charge in [0.2, 0.25) is 0 Å².